The first kappa shape index (κ1) is 9.82. The molecule has 1 nitrogen and oxygen atoms in total. The number of alkyl halides is 2. The zero-order chi connectivity index (χ0) is 8.36. The average Bonchev–Trinajstić information content (AvgIpc) is 1.60. The van der Waals surface area contributed by atoms with Crippen LogP contribution in [0.2, 0.25) is 0 Å². The molecular formula is C7H14F2O. The highest BCUT2D eigenvalue weighted by molar-refractivity contribution is 4.74. The van der Waals surface area contributed by atoms with Gasteiger partial charge in [0.1, 0.15) is 0 Å². The smallest absolute Gasteiger partial charge is 0.244 e. The van der Waals surface area contributed by atoms with Crippen LogP contribution in [0.5, 0.6) is 0 Å². The molecule has 0 spiro atoms. The number of hydrogen-bond donors (Lipinski definition) is 1. The number of aliphatic hydroxyl groups excluding tert-OH is 1. The Morgan fingerprint density at radius 1 is 1.30 bits per heavy atom. The average molecular weight is 152 g/mol. The monoisotopic (exact) mass is 152 g/mol. The van der Waals surface area contributed by atoms with Gasteiger partial charge in [0.2, 0.25) is 6.43 Å². The lowest BCUT2D eigenvalue weighted by Gasteiger charge is -2.27. The van der Waals surface area contributed by atoms with Gasteiger partial charge in [0.25, 0.3) is 0 Å². The quantitative estimate of drug-likeness (QED) is 0.640. The second kappa shape index (κ2) is 3.28. The Morgan fingerprint density at radius 3 is 1.70 bits per heavy atom. The third-order valence-corrected chi connectivity index (χ3v) is 1.61. The molecule has 0 aliphatic rings. The van der Waals surface area contributed by atoms with Crippen LogP contribution in [0.25, 0.3) is 0 Å². The van der Waals surface area contributed by atoms with Gasteiger partial charge in [-0.25, -0.2) is 8.78 Å². The van der Waals surface area contributed by atoms with Crippen LogP contribution in [-0.2, 0) is 0 Å². The zero-order valence-corrected chi connectivity index (χ0v) is 6.56. The fourth-order valence-electron chi connectivity index (χ4n) is 0.732. The maximum atomic E-state index is 12.0. The van der Waals surface area contributed by atoms with Crippen molar-refractivity contribution in [3.63, 3.8) is 0 Å². The van der Waals surface area contributed by atoms with E-state index in [1.807, 2.05) is 0 Å². The summed E-state index contributed by atoms with van der Waals surface area (Å²) in [7, 11) is 0. The second-order valence-corrected chi connectivity index (χ2v) is 3.49. The predicted molar refractivity (Wildman–Crippen MR) is 36.0 cm³/mol. The standard InChI is InChI=1S/C7H14F2O/c1-7(2,3)5(4-10)6(8)9/h5-6,10H,4H2,1-3H3. The van der Waals surface area contributed by atoms with Crippen molar-refractivity contribution in [2.24, 2.45) is 11.3 Å². The molecule has 0 aromatic carbocycles. The normalized spacial score (nSPS) is 15.9. The SMILES string of the molecule is CC(C)(C)C(CO)C(F)F. The molecule has 0 aromatic rings. The van der Waals surface area contributed by atoms with Crippen LogP contribution in [-0.4, -0.2) is 18.1 Å². The fraction of sp³-hybridized carbons (Fsp3) is 1.00. The lowest BCUT2D eigenvalue weighted by Crippen LogP contribution is -2.30. The van der Waals surface area contributed by atoms with Gasteiger partial charge in [0, 0.05) is 5.92 Å². The molecule has 0 radical (unpaired) electrons. The highest BCUT2D eigenvalue weighted by Gasteiger charge is 2.31. The van der Waals surface area contributed by atoms with Crippen LogP contribution in [0.1, 0.15) is 20.8 Å². The Labute approximate surface area is 60.1 Å². The number of hydrogen-bond acceptors (Lipinski definition) is 1. The largest absolute Gasteiger partial charge is 0.396 e. The number of aliphatic hydroxyl groups is 1. The van der Waals surface area contributed by atoms with Crippen molar-refractivity contribution in [2.45, 2.75) is 27.2 Å². The number of halogens is 2. The lowest BCUT2D eigenvalue weighted by molar-refractivity contribution is -0.0166. The van der Waals surface area contributed by atoms with Gasteiger partial charge in [-0.2, -0.15) is 0 Å². The highest BCUT2D eigenvalue weighted by atomic mass is 19.3. The van der Waals surface area contributed by atoms with E-state index in [1.165, 1.54) is 0 Å². The van der Waals surface area contributed by atoms with Crippen molar-refractivity contribution >= 4 is 0 Å². The minimum absolute atomic E-state index is 0.443. The first-order valence-corrected chi connectivity index (χ1v) is 3.28. The number of rotatable bonds is 2. The zero-order valence-electron chi connectivity index (χ0n) is 6.56. The summed E-state index contributed by atoms with van der Waals surface area (Å²) in [5, 5.41) is 8.55. The molecule has 0 aliphatic heterocycles. The van der Waals surface area contributed by atoms with Crippen molar-refractivity contribution in [3.8, 4) is 0 Å². The van der Waals surface area contributed by atoms with E-state index in [0.717, 1.165) is 0 Å². The molecule has 0 rings (SSSR count). The lowest BCUT2D eigenvalue weighted by atomic mass is 9.81. The van der Waals surface area contributed by atoms with E-state index >= 15 is 0 Å². The van der Waals surface area contributed by atoms with Crippen LogP contribution in [0.3, 0.4) is 0 Å². The van der Waals surface area contributed by atoms with E-state index in [0.29, 0.717) is 0 Å². The van der Waals surface area contributed by atoms with E-state index < -0.39 is 24.4 Å². The van der Waals surface area contributed by atoms with Crippen molar-refractivity contribution in [2.75, 3.05) is 6.61 Å². The maximum absolute atomic E-state index is 12.0. The van der Waals surface area contributed by atoms with Crippen molar-refractivity contribution in [1.29, 1.82) is 0 Å². The first-order chi connectivity index (χ1) is 4.39. The minimum Gasteiger partial charge on any atom is -0.396 e. The Morgan fingerprint density at radius 2 is 1.70 bits per heavy atom. The van der Waals surface area contributed by atoms with E-state index in [1.54, 1.807) is 20.8 Å². The third kappa shape index (κ3) is 2.60. The summed E-state index contributed by atoms with van der Waals surface area (Å²) in [5.74, 6) is -0.910. The molecule has 62 valence electrons. The third-order valence-electron chi connectivity index (χ3n) is 1.61. The predicted octanol–water partition coefficient (Wildman–Crippen LogP) is 1.91. The minimum atomic E-state index is -2.43. The summed E-state index contributed by atoms with van der Waals surface area (Å²) < 4.78 is 24.1. The molecule has 0 aliphatic carbocycles. The van der Waals surface area contributed by atoms with E-state index in [9.17, 15) is 8.78 Å². The topological polar surface area (TPSA) is 20.2 Å². The molecule has 1 atom stereocenters. The van der Waals surface area contributed by atoms with Gasteiger partial charge >= 0.3 is 0 Å². The fourth-order valence-corrected chi connectivity index (χ4v) is 0.732. The highest BCUT2D eigenvalue weighted by Crippen LogP contribution is 2.30. The van der Waals surface area contributed by atoms with Gasteiger partial charge in [0.15, 0.2) is 0 Å². The summed E-state index contributed by atoms with van der Waals surface area (Å²) >= 11 is 0. The van der Waals surface area contributed by atoms with Crippen LogP contribution < -0.4 is 0 Å². The Balaban J connectivity index is 4.07. The summed E-state index contributed by atoms with van der Waals surface area (Å²) in [6.07, 6.45) is -2.43. The Bertz CT molecular complexity index is 96.3. The summed E-state index contributed by atoms with van der Waals surface area (Å²) in [4.78, 5) is 0. The van der Waals surface area contributed by atoms with E-state index in [2.05, 4.69) is 0 Å². The van der Waals surface area contributed by atoms with Crippen LogP contribution in [0.15, 0.2) is 0 Å². The molecule has 0 saturated carbocycles. The molecule has 0 amide bonds. The van der Waals surface area contributed by atoms with Crippen LogP contribution in [0, 0.1) is 11.3 Å². The second-order valence-electron chi connectivity index (χ2n) is 3.49. The summed E-state index contributed by atoms with van der Waals surface area (Å²) in [6.45, 7) is 4.64. The van der Waals surface area contributed by atoms with E-state index in [4.69, 9.17) is 5.11 Å². The molecule has 0 aromatic heterocycles. The van der Waals surface area contributed by atoms with Gasteiger partial charge in [-0.1, -0.05) is 20.8 Å². The van der Waals surface area contributed by atoms with E-state index in [-0.39, 0.29) is 0 Å². The van der Waals surface area contributed by atoms with Crippen molar-refractivity contribution in [3.05, 3.63) is 0 Å². The van der Waals surface area contributed by atoms with Gasteiger partial charge < -0.3 is 5.11 Å². The maximum Gasteiger partial charge on any atom is 0.244 e. The first-order valence-electron chi connectivity index (χ1n) is 3.28. The van der Waals surface area contributed by atoms with Gasteiger partial charge in [0.05, 0.1) is 6.61 Å². The molecule has 0 bridgehead atoms. The van der Waals surface area contributed by atoms with Gasteiger partial charge in [-0.05, 0) is 5.41 Å². The molecule has 0 fully saturated rings. The molecule has 0 saturated heterocycles. The van der Waals surface area contributed by atoms with Gasteiger partial charge in [-0.15, -0.1) is 0 Å². The van der Waals surface area contributed by atoms with Crippen molar-refractivity contribution < 1.29 is 13.9 Å². The molecular weight excluding hydrogens is 138 g/mol. The van der Waals surface area contributed by atoms with Crippen LogP contribution >= 0.6 is 0 Å². The molecule has 1 N–H and O–H groups in total. The van der Waals surface area contributed by atoms with Crippen molar-refractivity contribution in [1.82, 2.24) is 0 Å². The molecule has 0 heterocycles. The Hall–Kier alpha value is -0.180. The molecule has 10 heavy (non-hydrogen) atoms. The molecule has 1 unspecified atom stereocenters. The molecule has 3 heteroatoms. The summed E-state index contributed by atoms with van der Waals surface area (Å²) in [6, 6.07) is 0. The van der Waals surface area contributed by atoms with Gasteiger partial charge in [-0.3, -0.25) is 0 Å². The summed E-state index contributed by atoms with van der Waals surface area (Å²) in [5.41, 5.74) is -0.511. The van der Waals surface area contributed by atoms with Crippen LogP contribution in [0.4, 0.5) is 8.78 Å². The Kier molecular flexibility index (Phi) is 3.22.